The van der Waals surface area contributed by atoms with Crippen molar-refractivity contribution in [3.05, 3.63) is 77.3 Å². The number of rotatable bonds is 99. The first-order chi connectivity index (χ1) is 65.2. The van der Waals surface area contributed by atoms with Gasteiger partial charge in [-0.25, -0.2) is 4.99 Å². The lowest BCUT2D eigenvalue weighted by molar-refractivity contribution is -0.388. The number of nitrogens with one attached hydrogen (secondary N) is 2. The smallest absolute Gasteiger partial charge is 0.626 e. The number of benzene rings is 2. The van der Waals surface area contributed by atoms with Gasteiger partial charge in [0.25, 0.3) is 0 Å². The molecule has 0 amide bonds. The summed E-state index contributed by atoms with van der Waals surface area (Å²) < 4.78 is 85.2. The molecule has 5 rings (SSSR count). The molecule has 0 unspecified atom stereocenters. The van der Waals surface area contributed by atoms with Crippen LogP contribution in [0, 0.1) is 0 Å². The van der Waals surface area contributed by atoms with E-state index in [1.807, 2.05) is 24.3 Å². The predicted octanol–water partition coefficient (Wildman–Crippen LogP) is 39.0. The minimum Gasteiger partial charge on any atom is -0.626 e. The van der Waals surface area contributed by atoms with E-state index in [0.29, 0.717) is 85.5 Å². The van der Waals surface area contributed by atoms with Crippen molar-refractivity contribution in [2.75, 3.05) is 39.6 Å². The maximum Gasteiger partial charge on any atom is 0.726 e. The second-order valence-corrected chi connectivity index (χ2v) is 40.5. The quantitative estimate of drug-likeness (QED) is 0.0426. The zero-order valence-electron chi connectivity index (χ0n) is 87.4. The highest BCUT2D eigenvalue weighted by Gasteiger charge is 2.40. The van der Waals surface area contributed by atoms with Gasteiger partial charge in [0.05, 0.1) is 50.9 Å². The van der Waals surface area contributed by atoms with E-state index in [1.165, 1.54) is 462 Å². The van der Waals surface area contributed by atoms with Crippen LogP contribution in [0.4, 0.5) is 8.63 Å². The number of allylic oxidation sites excluding steroid dienone is 3. The molecule has 10 nitrogen and oxygen atoms in total. The molecule has 13 heteroatoms. The summed E-state index contributed by atoms with van der Waals surface area (Å²) in [5, 5.41) is 0. The van der Waals surface area contributed by atoms with Crippen LogP contribution in [-0.4, -0.2) is 57.4 Å². The fourth-order valence-electron chi connectivity index (χ4n) is 19.2. The first-order valence-electron chi connectivity index (χ1n) is 58.2. The molecule has 0 saturated carbocycles. The lowest BCUT2D eigenvalue weighted by Gasteiger charge is -2.33. The van der Waals surface area contributed by atoms with Crippen molar-refractivity contribution in [3.63, 3.8) is 0 Å². The van der Waals surface area contributed by atoms with Gasteiger partial charge in [0, 0.05) is 29.5 Å². The van der Waals surface area contributed by atoms with Gasteiger partial charge < -0.3 is 51.3 Å². The van der Waals surface area contributed by atoms with Crippen LogP contribution in [-0.2, 0) is 9.31 Å². The molecule has 0 aliphatic carbocycles. The molecule has 132 heavy (non-hydrogen) atoms. The minimum atomic E-state index is -4.78. The summed E-state index contributed by atoms with van der Waals surface area (Å²) in [6.45, 7) is 17.2. The molecule has 0 radical (unpaired) electrons. The normalized spacial score (nSPS) is 13.6. The van der Waals surface area contributed by atoms with E-state index in [1.54, 1.807) is 6.08 Å². The Labute approximate surface area is 813 Å². The lowest BCUT2D eigenvalue weighted by atomic mass is 10.0. The number of halogens is 2. The summed E-state index contributed by atoms with van der Waals surface area (Å²) in [6.07, 6.45) is 114. The van der Waals surface area contributed by atoms with Crippen molar-refractivity contribution in [2.24, 2.45) is 0 Å². The molecule has 0 fully saturated rings. The van der Waals surface area contributed by atoms with Crippen molar-refractivity contribution in [3.8, 4) is 45.8 Å². The third-order valence-corrected chi connectivity index (χ3v) is 27.9. The van der Waals surface area contributed by atoms with Gasteiger partial charge in [-0.2, -0.15) is 0 Å². The third kappa shape index (κ3) is 61.3. The Balaban J connectivity index is 1.40. The van der Waals surface area contributed by atoms with Crippen molar-refractivity contribution < 1.29 is 51.4 Å². The summed E-state index contributed by atoms with van der Waals surface area (Å²) >= 11 is 0. The van der Waals surface area contributed by atoms with Gasteiger partial charge in [-0.05, 0) is 74.9 Å². The molecule has 0 spiro atoms. The molecular weight excluding hydrogens is 1630 g/mol. The third-order valence-electron chi connectivity index (χ3n) is 27.9. The van der Waals surface area contributed by atoms with Gasteiger partial charge in [-0.3, -0.25) is 0 Å². The fourth-order valence-corrected chi connectivity index (χ4v) is 19.2. The molecule has 760 valence electrons. The van der Waals surface area contributed by atoms with Gasteiger partial charge in [0.15, 0.2) is 28.8 Å². The fraction of sp³-hybridized carbons (Fsp3) is 0.807. The number of hydrogen-bond acceptors (Lipinski definition) is 8. The summed E-state index contributed by atoms with van der Waals surface area (Å²) in [7, 11) is -4.78. The Kier molecular flexibility index (Phi) is 75.8. The van der Waals surface area contributed by atoms with Crippen LogP contribution in [0.15, 0.2) is 66.1 Å². The summed E-state index contributed by atoms with van der Waals surface area (Å²) in [4.78, 5) is 7.05. The molecule has 2 N–H and O–H groups in total. The molecule has 2 aliphatic rings. The lowest BCUT2D eigenvalue weighted by Crippen LogP contribution is -2.68. The van der Waals surface area contributed by atoms with E-state index in [2.05, 4.69) is 75.8 Å². The molecular formula is C119H209BF2N2O8. The van der Waals surface area contributed by atoms with Crippen LogP contribution < -0.4 is 33.4 Å². The Bertz CT molecular complexity index is 3140. The van der Waals surface area contributed by atoms with E-state index >= 15 is 8.63 Å². The highest BCUT2D eigenvalue weighted by Crippen LogP contribution is 2.45. The maximum atomic E-state index is 16.4. The Morgan fingerprint density at radius 3 is 0.682 bits per heavy atom. The van der Waals surface area contributed by atoms with Crippen LogP contribution in [0.1, 0.15) is 592 Å². The zero-order chi connectivity index (χ0) is 93.7. The largest absolute Gasteiger partial charge is 0.726 e. The molecule has 3 aromatic rings. The standard InChI is InChI=1S/C119H208BF2N2O8/c1-7-13-19-25-31-37-43-49-55-61-67-73-79-85-95-125-114-101-106(102-115(126-96-86-80-74-68-62-56-50-44-38-32-26-20-14-8-2)118(114)129-99-89-83-77-71-65-59-53-47-41-35-29-23-17-11-5)108-91-93-110(123-108)112-105-113(132-120(121,122)131-112)111-94-92-109(124-111)107-103-116(127-97-87-81-75-69-63-57-51-45-39-33-27-21-15-9-3)119(130-100-90-84-78-72-66-60-54-48-42-36-30-24-18-12-6)117(104-107)128-98-88-82-76-70-64-58-52-46-40-34-28-22-16-10-4/h91-94,101-105,123H,7-90,95-100H2,1-6H3/q-1/p+1/b113-111-. The van der Waals surface area contributed by atoms with Gasteiger partial charge in [-0.1, -0.05) is 542 Å². The molecule has 1 aromatic heterocycles. The van der Waals surface area contributed by atoms with Crippen molar-refractivity contribution >= 4 is 18.6 Å². The molecule has 0 saturated heterocycles. The summed E-state index contributed by atoms with van der Waals surface area (Å²) in [6, 6.07) is 12.0. The number of aromatic nitrogens is 1. The number of hydrogen-bond donors (Lipinski definition) is 2. The second-order valence-electron chi connectivity index (χ2n) is 40.5. The molecule has 2 aromatic carbocycles. The van der Waals surface area contributed by atoms with Crippen LogP contribution >= 0.6 is 0 Å². The minimum absolute atomic E-state index is 0.0148. The molecule has 0 atom stereocenters. The van der Waals surface area contributed by atoms with Crippen LogP contribution in [0.5, 0.6) is 34.5 Å². The van der Waals surface area contributed by atoms with Gasteiger partial charge in [0.2, 0.25) is 22.9 Å². The van der Waals surface area contributed by atoms with E-state index in [-0.39, 0.29) is 11.5 Å². The predicted molar refractivity (Wildman–Crippen MR) is 567 cm³/mol. The maximum absolute atomic E-state index is 16.4. The van der Waals surface area contributed by atoms with Crippen molar-refractivity contribution in [1.29, 1.82) is 0 Å². The van der Waals surface area contributed by atoms with Gasteiger partial charge >= 0.3 is 7.11 Å². The van der Waals surface area contributed by atoms with Crippen LogP contribution in [0.25, 0.3) is 17.0 Å². The number of H-pyrrole nitrogens is 1. The molecule has 2 aliphatic heterocycles. The topological polar surface area (TPSA) is 104 Å². The van der Waals surface area contributed by atoms with E-state index in [0.717, 1.165) is 99.6 Å². The van der Waals surface area contributed by atoms with Crippen molar-refractivity contribution in [2.45, 2.75) is 581 Å². The second kappa shape index (κ2) is 85.2. The monoisotopic (exact) mass is 1840 g/mol. The SMILES string of the molecule is CCCCCCCCCCCCCCCCOc1cc(C2=[NH+]/C(=C3/C=C(c4ccc(-c5cc(OCCCCCCCCCCCCCCCC)c(OCCCCCCCCCCCCCCCC)c(OCCCCCCCCCCCCCCCC)c5)[nH]4)O[B-](F)(F)O3)C=C2)cc(OCCCCCCCCCCCCCCCC)c1OCCCCCCCCCCCCCCCC. The highest BCUT2D eigenvalue weighted by molar-refractivity contribution is 6.53. The first-order valence-corrected chi connectivity index (χ1v) is 58.2. The van der Waals surface area contributed by atoms with Crippen LogP contribution in [0.3, 0.4) is 0 Å². The number of ether oxygens (including phenoxy) is 6. The van der Waals surface area contributed by atoms with Gasteiger partial charge in [-0.15, -0.1) is 0 Å². The number of aromatic amines is 1. The van der Waals surface area contributed by atoms with E-state index < -0.39 is 7.11 Å². The zero-order valence-corrected chi connectivity index (χ0v) is 87.4. The molecule has 3 heterocycles. The Hall–Kier alpha value is -5.07. The van der Waals surface area contributed by atoms with E-state index in [9.17, 15) is 0 Å². The van der Waals surface area contributed by atoms with Crippen LogP contribution in [0.2, 0.25) is 0 Å². The average molecular weight is 1840 g/mol. The highest BCUT2D eigenvalue weighted by atomic mass is 19.3. The Morgan fingerprint density at radius 2 is 0.447 bits per heavy atom. The number of unbranched alkanes of at least 4 members (excludes halogenated alkanes) is 78. The Morgan fingerprint density at radius 1 is 0.242 bits per heavy atom. The first kappa shape index (κ1) is 117. The average Bonchev–Trinajstić information content (AvgIpc) is 1.58. The summed E-state index contributed by atoms with van der Waals surface area (Å²) in [5.41, 5.74) is 3.88. The van der Waals surface area contributed by atoms with E-state index in [4.69, 9.17) is 37.7 Å². The van der Waals surface area contributed by atoms with Gasteiger partial charge in [0.1, 0.15) is 5.76 Å². The summed E-state index contributed by atoms with van der Waals surface area (Å²) in [5.74, 6) is 3.91. The van der Waals surface area contributed by atoms with Crippen molar-refractivity contribution in [1.82, 2.24) is 4.98 Å². The molecule has 0 bridgehead atoms.